The van der Waals surface area contributed by atoms with E-state index in [1.807, 2.05) is 19.1 Å². The fourth-order valence-corrected chi connectivity index (χ4v) is 4.54. The Bertz CT molecular complexity index is 931. The Morgan fingerprint density at radius 2 is 1.96 bits per heavy atom. The minimum Gasteiger partial charge on any atom is -0.398 e. The molecule has 0 radical (unpaired) electrons. The van der Waals surface area contributed by atoms with Crippen LogP contribution in [0.3, 0.4) is 0 Å². The average molecular weight is 358 g/mol. The summed E-state index contributed by atoms with van der Waals surface area (Å²) in [5, 5.41) is 9.62. The standard InChI is InChI=1S/C24H27N3/c1-16-10-21-12-19(11-20(16)13-25)23(22-8-5-9-24(26)17(22)2)15-27(21)14-18-6-3-4-7-18/h5,8-11,15,18H,3-4,6-7,12,14,26H2,1-2H3. The van der Waals surface area contributed by atoms with E-state index >= 15 is 0 Å². The molecule has 1 aliphatic heterocycles. The molecule has 3 nitrogen and oxygen atoms in total. The fraction of sp³-hybridized carbons (Fsp3) is 0.375. The minimum atomic E-state index is 0.759. The van der Waals surface area contributed by atoms with Gasteiger partial charge in [-0.1, -0.05) is 25.0 Å². The van der Waals surface area contributed by atoms with Crippen molar-refractivity contribution < 1.29 is 0 Å². The highest BCUT2D eigenvalue weighted by molar-refractivity contribution is 5.85. The Labute approximate surface area is 162 Å². The van der Waals surface area contributed by atoms with Gasteiger partial charge in [0, 0.05) is 36.1 Å². The smallest absolute Gasteiger partial charge is 0.0994 e. The first kappa shape index (κ1) is 17.7. The molecule has 0 unspecified atom stereocenters. The number of allylic oxidation sites excluding steroid dienone is 6. The lowest BCUT2D eigenvalue weighted by atomic mass is 9.88. The highest BCUT2D eigenvalue weighted by Crippen LogP contribution is 2.41. The molecule has 4 rings (SSSR count). The highest BCUT2D eigenvalue weighted by Gasteiger charge is 2.27. The van der Waals surface area contributed by atoms with E-state index in [-0.39, 0.29) is 0 Å². The summed E-state index contributed by atoms with van der Waals surface area (Å²) in [5.74, 6) is 0.763. The zero-order chi connectivity index (χ0) is 19.0. The van der Waals surface area contributed by atoms with Crippen molar-refractivity contribution in [2.45, 2.75) is 46.0 Å². The number of nitrogens with two attached hydrogens (primary N) is 1. The molecule has 0 atom stereocenters. The van der Waals surface area contributed by atoms with Crippen LogP contribution in [0.25, 0.3) is 5.57 Å². The van der Waals surface area contributed by atoms with Gasteiger partial charge < -0.3 is 10.6 Å². The highest BCUT2D eigenvalue weighted by atomic mass is 15.1. The van der Waals surface area contributed by atoms with Crippen LogP contribution < -0.4 is 5.73 Å². The van der Waals surface area contributed by atoms with Gasteiger partial charge in [0.25, 0.3) is 0 Å². The number of hydrogen-bond donors (Lipinski definition) is 1. The van der Waals surface area contributed by atoms with Crippen LogP contribution in [-0.4, -0.2) is 11.4 Å². The number of anilines is 1. The van der Waals surface area contributed by atoms with E-state index in [9.17, 15) is 5.26 Å². The maximum atomic E-state index is 9.62. The van der Waals surface area contributed by atoms with E-state index < -0.39 is 0 Å². The predicted octanol–water partition coefficient (Wildman–Crippen LogP) is 5.48. The number of benzene rings is 1. The van der Waals surface area contributed by atoms with Gasteiger partial charge in [-0.3, -0.25) is 0 Å². The van der Waals surface area contributed by atoms with Crippen LogP contribution in [0.2, 0.25) is 0 Å². The molecule has 0 saturated heterocycles. The molecule has 1 aromatic carbocycles. The first-order valence-corrected chi connectivity index (χ1v) is 9.93. The molecule has 1 saturated carbocycles. The van der Waals surface area contributed by atoms with Crippen LogP contribution in [0.1, 0.15) is 50.2 Å². The van der Waals surface area contributed by atoms with Crippen LogP contribution >= 0.6 is 0 Å². The van der Waals surface area contributed by atoms with Crippen molar-refractivity contribution in [3.63, 3.8) is 0 Å². The molecule has 3 heteroatoms. The van der Waals surface area contributed by atoms with E-state index in [4.69, 9.17) is 5.73 Å². The summed E-state index contributed by atoms with van der Waals surface area (Å²) in [7, 11) is 0. The lowest BCUT2D eigenvalue weighted by Crippen LogP contribution is -2.27. The summed E-state index contributed by atoms with van der Waals surface area (Å²) in [6, 6.07) is 8.50. The van der Waals surface area contributed by atoms with Crippen LogP contribution in [-0.2, 0) is 0 Å². The maximum absolute atomic E-state index is 9.62. The number of nitrogens with zero attached hydrogens (tertiary/aromatic N) is 2. The van der Waals surface area contributed by atoms with Crippen molar-refractivity contribution >= 4 is 11.3 Å². The predicted molar refractivity (Wildman–Crippen MR) is 111 cm³/mol. The maximum Gasteiger partial charge on any atom is 0.0994 e. The topological polar surface area (TPSA) is 53.0 Å². The van der Waals surface area contributed by atoms with Gasteiger partial charge in [-0.15, -0.1) is 0 Å². The van der Waals surface area contributed by atoms with Crippen molar-refractivity contribution in [3.8, 4) is 6.07 Å². The van der Waals surface area contributed by atoms with Crippen LogP contribution in [0.5, 0.6) is 0 Å². The summed E-state index contributed by atoms with van der Waals surface area (Å²) >= 11 is 0. The van der Waals surface area contributed by atoms with Crippen molar-refractivity contribution in [1.82, 2.24) is 4.90 Å². The molecular weight excluding hydrogens is 330 g/mol. The SMILES string of the molecule is CC1=C(C#N)C=C2CC(=C1)N(CC1CCCC1)C=C2c1cccc(N)c1C. The number of nitrogen functional groups attached to an aromatic ring is 1. The third-order valence-electron chi connectivity index (χ3n) is 6.21. The van der Waals surface area contributed by atoms with Crippen LogP contribution in [0.4, 0.5) is 5.69 Å². The van der Waals surface area contributed by atoms with Crippen molar-refractivity contribution in [3.05, 3.63) is 70.1 Å². The van der Waals surface area contributed by atoms with Gasteiger partial charge in [0.1, 0.15) is 0 Å². The van der Waals surface area contributed by atoms with E-state index in [2.05, 4.69) is 42.3 Å². The van der Waals surface area contributed by atoms with E-state index in [1.165, 1.54) is 48.1 Å². The second-order valence-corrected chi connectivity index (χ2v) is 8.06. The number of nitriles is 1. The summed E-state index contributed by atoms with van der Waals surface area (Å²) < 4.78 is 0. The monoisotopic (exact) mass is 357 g/mol. The van der Waals surface area contributed by atoms with Crippen LogP contribution in [0, 0.1) is 24.2 Å². The van der Waals surface area contributed by atoms with E-state index in [0.29, 0.717) is 0 Å². The number of hydrogen-bond acceptors (Lipinski definition) is 3. The molecule has 27 heavy (non-hydrogen) atoms. The molecule has 2 N–H and O–H groups in total. The average Bonchev–Trinajstić information content (AvgIpc) is 3.11. The Hall–Kier alpha value is -2.73. The largest absolute Gasteiger partial charge is 0.398 e. The summed E-state index contributed by atoms with van der Waals surface area (Å²) in [5.41, 5.74) is 14.8. The summed E-state index contributed by atoms with van der Waals surface area (Å²) in [6.45, 7) is 5.20. The molecular formula is C24H27N3. The summed E-state index contributed by atoms with van der Waals surface area (Å²) in [4.78, 5) is 2.44. The molecule has 0 spiro atoms. The molecule has 2 bridgehead atoms. The number of fused-ring (bicyclic) bond motifs is 2. The van der Waals surface area contributed by atoms with Gasteiger partial charge in [0.2, 0.25) is 0 Å². The Morgan fingerprint density at radius 3 is 2.70 bits per heavy atom. The fourth-order valence-electron chi connectivity index (χ4n) is 4.54. The molecule has 138 valence electrons. The van der Waals surface area contributed by atoms with Crippen LogP contribution in [0.15, 0.2) is 59.0 Å². The lowest BCUT2D eigenvalue weighted by molar-refractivity contribution is 0.357. The van der Waals surface area contributed by atoms with Gasteiger partial charge in [-0.25, -0.2) is 0 Å². The van der Waals surface area contributed by atoms with Crippen molar-refractivity contribution in [2.75, 3.05) is 12.3 Å². The molecule has 1 fully saturated rings. The molecule has 0 amide bonds. The normalized spacial score (nSPS) is 20.0. The lowest BCUT2D eigenvalue weighted by Gasteiger charge is -2.33. The Kier molecular flexibility index (Phi) is 4.66. The van der Waals surface area contributed by atoms with Crippen molar-refractivity contribution in [1.29, 1.82) is 5.26 Å². The van der Waals surface area contributed by atoms with Gasteiger partial charge in [-0.05, 0) is 73.1 Å². The number of rotatable bonds is 3. The van der Waals surface area contributed by atoms with Gasteiger partial charge >= 0.3 is 0 Å². The van der Waals surface area contributed by atoms with Crippen molar-refractivity contribution in [2.24, 2.45) is 5.92 Å². The quantitative estimate of drug-likeness (QED) is 0.729. The molecule has 1 heterocycles. The third-order valence-corrected chi connectivity index (χ3v) is 6.21. The minimum absolute atomic E-state index is 0.759. The molecule has 2 aliphatic carbocycles. The second kappa shape index (κ2) is 7.12. The summed E-state index contributed by atoms with van der Waals surface area (Å²) in [6.07, 6.45) is 12.8. The van der Waals surface area contributed by atoms with Gasteiger partial charge in [0.05, 0.1) is 11.6 Å². The van der Waals surface area contributed by atoms with Gasteiger partial charge in [0.15, 0.2) is 0 Å². The van der Waals surface area contributed by atoms with E-state index in [0.717, 1.165) is 41.3 Å². The second-order valence-electron chi connectivity index (χ2n) is 8.06. The zero-order valence-electron chi connectivity index (χ0n) is 16.3. The molecule has 3 aliphatic rings. The van der Waals surface area contributed by atoms with E-state index in [1.54, 1.807) is 0 Å². The Balaban J connectivity index is 1.84. The first-order chi connectivity index (χ1) is 13.1. The first-order valence-electron chi connectivity index (χ1n) is 9.93. The van der Waals surface area contributed by atoms with Gasteiger partial charge in [-0.2, -0.15) is 5.26 Å². The zero-order valence-corrected chi connectivity index (χ0v) is 16.3. The molecule has 0 aromatic heterocycles. The Morgan fingerprint density at radius 1 is 1.19 bits per heavy atom. The third kappa shape index (κ3) is 3.32. The molecule has 1 aromatic rings.